The normalized spacial score (nSPS) is 13.5. The molecule has 1 rings (SSSR count). The van der Waals surface area contributed by atoms with Crippen LogP contribution in [-0.2, 0) is 4.79 Å². The lowest BCUT2D eigenvalue weighted by atomic mass is 10.0. The van der Waals surface area contributed by atoms with E-state index < -0.39 is 5.97 Å². The molecule has 5 heteroatoms. The van der Waals surface area contributed by atoms with E-state index in [9.17, 15) is 9.59 Å². The number of carbonyl (C=O) groups is 2. The van der Waals surface area contributed by atoms with E-state index in [2.05, 4.69) is 5.32 Å². The number of aryl methyl sites for hydroxylation is 1. The second-order valence-corrected chi connectivity index (χ2v) is 5.62. The summed E-state index contributed by atoms with van der Waals surface area (Å²) in [5, 5.41) is 11.7. The zero-order chi connectivity index (χ0) is 16.0. The Balaban J connectivity index is 2.43. The van der Waals surface area contributed by atoms with Gasteiger partial charge in [-0.1, -0.05) is 13.3 Å². The van der Waals surface area contributed by atoms with Gasteiger partial charge in [-0.05, 0) is 50.5 Å². The topological polar surface area (TPSA) is 92.4 Å². The Morgan fingerprint density at radius 3 is 2.52 bits per heavy atom. The van der Waals surface area contributed by atoms with E-state index in [0.29, 0.717) is 17.7 Å². The molecule has 0 spiro atoms. The van der Waals surface area contributed by atoms with Crippen molar-refractivity contribution in [2.24, 2.45) is 5.92 Å². The van der Waals surface area contributed by atoms with Crippen LogP contribution in [0.25, 0.3) is 0 Å². The van der Waals surface area contributed by atoms with Crippen molar-refractivity contribution in [3.8, 4) is 0 Å². The molecular formula is C16H24N2O3. The quantitative estimate of drug-likeness (QED) is 0.673. The molecule has 4 N–H and O–H groups in total. The minimum atomic E-state index is -0.774. The summed E-state index contributed by atoms with van der Waals surface area (Å²) < 4.78 is 0. The largest absolute Gasteiger partial charge is 0.481 e. The van der Waals surface area contributed by atoms with Crippen LogP contribution < -0.4 is 11.1 Å². The van der Waals surface area contributed by atoms with Crippen molar-refractivity contribution < 1.29 is 14.7 Å². The first-order chi connectivity index (χ1) is 9.81. The number of carboxylic acids is 1. The molecule has 0 radical (unpaired) electrons. The Bertz CT molecular complexity index is 514. The van der Waals surface area contributed by atoms with Crippen LogP contribution >= 0.6 is 0 Å². The van der Waals surface area contributed by atoms with Crippen LogP contribution in [0.1, 0.15) is 49.0 Å². The highest BCUT2D eigenvalue weighted by molar-refractivity contribution is 5.95. The molecule has 1 aromatic rings. The number of nitrogens with one attached hydrogen (secondary N) is 1. The number of rotatable bonds is 7. The Hall–Kier alpha value is -2.04. The molecule has 0 heterocycles. The summed E-state index contributed by atoms with van der Waals surface area (Å²) in [4.78, 5) is 22.8. The summed E-state index contributed by atoms with van der Waals surface area (Å²) in [6.45, 7) is 5.49. The maximum absolute atomic E-state index is 12.1. The molecule has 1 amide bonds. The van der Waals surface area contributed by atoms with Crippen LogP contribution in [0, 0.1) is 12.8 Å². The molecule has 1 aromatic carbocycles. The predicted octanol–water partition coefficient (Wildman–Crippen LogP) is 2.59. The average molecular weight is 292 g/mol. The molecule has 0 aliphatic carbocycles. The van der Waals surface area contributed by atoms with Gasteiger partial charge < -0.3 is 16.2 Å². The number of benzene rings is 1. The van der Waals surface area contributed by atoms with Crippen molar-refractivity contribution in [2.45, 2.75) is 46.1 Å². The summed E-state index contributed by atoms with van der Waals surface area (Å²) in [6.07, 6.45) is 2.16. The maximum atomic E-state index is 12.1. The lowest BCUT2D eigenvalue weighted by Gasteiger charge is -2.15. The second kappa shape index (κ2) is 7.67. The van der Waals surface area contributed by atoms with E-state index in [1.807, 2.05) is 13.8 Å². The van der Waals surface area contributed by atoms with Gasteiger partial charge in [0.25, 0.3) is 5.91 Å². The van der Waals surface area contributed by atoms with Crippen LogP contribution in [0.15, 0.2) is 18.2 Å². The zero-order valence-corrected chi connectivity index (χ0v) is 12.8. The van der Waals surface area contributed by atoms with Gasteiger partial charge in [-0.2, -0.15) is 0 Å². The lowest BCUT2D eigenvalue weighted by molar-refractivity contribution is -0.141. The standard InChI is InChI=1S/C16H24N2O3/c1-10(16(20)21)5-4-6-12(3)18-15(19)13-7-8-14(17)11(2)9-13/h7-10,12H,4-6,17H2,1-3H3,(H,18,19)(H,20,21). The van der Waals surface area contributed by atoms with E-state index in [-0.39, 0.29) is 17.9 Å². The number of hydrogen-bond donors (Lipinski definition) is 3. The number of carbonyl (C=O) groups excluding carboxylic acids is 1. The molecule has 5 nitrogen and oxygen atoms in total. The molecule has 21 heavy (non-hydrogen) atoms. The number of nitrogen functional groups attached to an aromatic ring is 1. The van der Waals surface area contributed by atoms with Gasteiger partial charge in [-0.25, -0.2) is 0 Å². The van der Waals surface area contributed by atoms with Crippen LogP contribution in [0.3, 0.4) is 0 Å². The van der Waals surface area contributed by atoms with Crippen molar-refractivity contribution in [1.82, 2.24) is 5.32 Å². The van der Waals surface area contributed by atoms with Gasteiger partial charge in [0, 0.05) is 17.3 Å². The van der Waals surface area contributed by atoms with E-state index >= 15 is 0 Å². The van der Waals surface area contributed by atoms with Gasteiger partial charge in [0.05, 0.1) is 5.92 Å². The number of anilines is 1. The molecule has 2 atom stereocenters. The Morgan fingerprint density at radius 1 is 1.29 bits per heavy atom. The van der Waals surface area contributed by atoms with Crippen LogP contribution in [-0.4, -0.2) is 23.0 Å². The summed E-state index contributed by atoms with van der Waals surface area (Å²) in [6, 6.07) is 5.21. The van der Waals surface area contributed by atoms with E-state index in [1.54, 1.807) is 25.1 Å². The van der Waals surface area contributed by atoms with E-state index in [4.69, 9.17) is 10.8 Å². The van der Waals surface area contributed by atoms with E-state index in [0.717, 1.165) is 18.4 Å². The maximum Gasteiger partial charge on any atom is 0.306 e. The number of hydrogen-bond acceptors (Lipinski definition) is 3. The van der Waals surface area contributed by atoms with Gasteiger partial charge in [-0.15, -0.1) is 0 Å². The molecule has 116 valence electrons. The third-order valence-electron chi connectivity index (χ3n) is 3.61. The highest BCUT2D eigenvalue weighted by Gasteiger charge is 2.13. The van der Waals surface area contributed by atoms with Crippen molar-refractivity contribution >= 4 is 17.6 Å². The molecule has 0 fully saturated rings. The number of nitrogens with two attached hydrogens (primary N) is 1. The smallest absolute Gasteiger partial charge is 0.306 e. The fraction of sp³-hybridized carbons (Fsp3) is 0.500. The average Bonchev–Trinajstić information content (AvgIpc) is 2.41. The predicted molar refractivity (Wildman–Crippen MR) is 83.2 cm³/mol. The summed E-state index contributed by atoms with van der Waals surface area (Å²) >= 11 is 0. The molecule has 0 saturated carbocycles. The monoisotopic (exact) mass is 292 g/mol. The zero-order valence-electron chi connectivity index (χ0n) is 12.8. The number of aliphatic carboxylic acids is 1. The summed E-state index contributed by atoms with van der Waals surface area (Å²) in [7, 11) is 0. The Morgan fingerprint density at radius 2 is 1.95 bits per heavy atom. The Kier molecular flexibility index (Phi) is 6.21. The fourth-order valence-corrected chi connectivity index (χ4v) is 2.05. The first-order valence-corrected chi connectivity index (χ1v) is 7.21. The molecule has 0 aliphatic heterocycles. The van der Waals surface area contributed by atoms with Gasteiger partial charge >= 0.3 is 5.97 Å². The first-order valence-electron chi connectivity index (χ1n) is 7.21. The van der Waals surface area contributed by atoms with Crippen molar-refractivity contribution in [3.63, 3.8) is 0 Å². The van der Waals surface area contributed by atoms with Gasteiger partial charge in [-0.3, -0.25) is 9.59 Å². The first kappa shape index (κ1) is 17.0. The SMILES string of the molecule is Cc1cc(C(=O)NC(C)CCCC(C)C(=O)O)ccc1N. The third kappa shape index (κ3) is 5.45. The molecule has 0 bridgehead atoms. The molecular weight excluding hydrogens is 268 g/mol. The van der Waals surface area contributed by atoms with Gasteiger partial charge in [0.2, 0.25) is 0 Å². The number of carboxylic acid groups (broad SMARTS) is 1. The second-order valence-electron chi connectivity index (χ2n) is 5.62. The molecule has 2 unspecified atom stereocenters. The molecule has 0 aliphatic rings. The minimum absolute atomic E-state index is 0.0105. The molecule has 0 aromatic heterocycles. The van der Waals surface area contributed by atoms with Gasteiger partial charge in [0.15, 0.2) is 0 Å². The van der Waals surface area contributed by atoms with Crippen LogP contribution in [0.2, 0.25) is 0 Å². The van der Waals surface area contributed by atoms with Gasteiger partial charge in [0.1, 0.15) is 0 Å². The molecule has 0 saturated heterocycles. The number of amides is 1. The lowest BCUT2D eigenvalue weighted by Crippen LogP contribution is -2.32. The van der Waals surface area contributed by atoms with Crippen molar-refractivity contribution in [3.05, 3.63) is 29.3 Å². The van der Waals surface area contributed by atoms with Crippen molar-refractivity contribution in [1.29, 1.82) is 0 Å². The minimum Gasteiger partial charge on any atom is -0.481 e. The summed E-state index contributed by atoms with van der Waals surface area (Å²) in [5.41, 5.74) is 7.87. The van der Waals surface area contributed by atoms with Crippen molar-refractivity contribution in [2.75, 3.05) is 5.73 Å². The highest BCUT2D eigenvalue weighted by Crippen LogP contribution is 2.13. The van der Waals surface area contributed by atoms with E-state index in [1.165, 1.54) is 0 Å². The van der Waals surface area contributed by atoms with Crippen LogP contribution in [0.4, 0.5) is 5.69 Å². The summed E-state index contributed by atoms with van der Waals surface area (Å²) in [5.74, 6) is -1.24. The fourth-order valence-electron chi connectivity index (χ4n) is 2.05. The van der Waals surface area contributed by atoms with Crippen LogP contribution in [0.5, 0.6) is 0 Å². The highest BCUT2D eigenvalue weighted by atomic mass is 16.4. The third-order valence-corrected chi connectivity index (χ3v) is 3.61. The Labute approximate surface area is 125 Å².